The summed E-state index contributed by atoms with van der Waals surface area (Å²) in [6.07, 6.45) is 14.4. The maximum atomic E-state index is 6.28. The molecule has 112 valence electrons. The van der Waals surface area contributed by atoms with E-state index in [1.165, 1.54) is 38.5 Å². The summed E-state index contributed by atoms with van der Waals surface area (Å²) in [5.74, 6) is 2.20. The summed E-state index contributed by atoms with van der Waals surface area (Å²) in [7, 11) is 0. The zero-order valence-corrected chi connectivity index (χ0v) is 12.2. The number of rotatable bonds is 3. The van der Waals surface area contributed by atoms with Crippen molar-refractivity contribution in [3.05, 3.63) is 12.2 Å². The Morgan fingerprint density at radius 3 is 2.85 bits per heavy atom. The van der Waals surface area contributed by atoms with Crippen molar-refractivity contribution in [2.24, 2.45) is 23.5 Å². The molecule has 2 aliphatic heterocycles. The fraction of sp³-hybridized carbons (Fsp3) is 0.882. The monoisotopic (exact) mass is 277 g/mol. The molecule has 3 heteroatoms. The van der Waals surface area contributed by atoms with Gasteiger partial charge in [-0.1, -0.05) is 18.6 Å². The maximum absolute atomic E-state index is 6.28. The average Bonchev–Trinajstić information content (AvgIpc) is 3.08. The van der Waals surface area contributed by atoms with Gasteiger partial charge in [-0.05, 0) is 50.4 Å². The van der Waals surface area contributed by atoms with E-state index in [0.717, 1.165) is 24.9 Å². The number of ether oxygens (including phenoxy) is 2. The van der Waals surface area contributed by atoms with Crippen LogP contribution in [-0.2, 0) is 9.47 Å². The third kappa shape index (κ3) is 2.44. The van der Waals surface area contributed by atoms with Crippen LogP contribution in [0.1, 0.15) is 44.9 Å². The molecule has 0 radical (unpaired) electrons. The molecule has 0 spiro atoms. The Morgan fingerprint density at radius 2 is 2.05 bits per heavy atom. The van der Waals surface area contributed by atoms with Gasteiger partial charge in [-0.25, -0.2) is 0 Å². The van der Waals surface area contributed by atoms with Crippen LogP contribution in [0.4, 0.5) is 0 Å². The highest BCUT2D eigenvalue weighted by atomic mass is 16.5. The molecular formula is C17H27NO2. The van der Waals surface area contributed by atoms with Crippen molar-refractivity contribution >= 4 is 0 Å². The summed E-state index contributed by atoms with van der Waals surface area (Å²) in [4.78, 5) is 0. The predicted octanol–water partition coefficient (Wildman–Crippen LogP) is 2.64. The lowest BCUT2D eigenvalue weighted by molar-refractivity contribution is -0.0356. The van der Waals surface area contributed by atoms with Gasteiger partial charge in [-0.15, -0.1) is 0 Å². The molecule has 0 amide bonds. The SMILES string of the molecule is NC1CCCC2CC(OCC3CC4C=CC3O4)CCC12. The van der Waals surface area contributed by atoms with Crippen molar-refractivity contribution in [1.82, 2.24) is 0 Å². The molecule has 1 saturated heterocycles. The largest absolute Gasteiger partial charge is 0.378 e. The topological polar surface area (TPSA) is 44.5 Å². The Balaban J connectivity index is 1.27. The highest BCUT2D eigenvalue weighted by molar-refractivity contribution is 5.10. The van der Waals surface area contributed by atoms with Crippen LogP contribution in [0.25, 0.3) is 0 Å². The maximum Gasteiger partial charge on any atom is 0.0816 e. The van der Waals surface area contributed by atoms with Crippen molar-refractivity contribution in [3.63, 3.8) is 0 Å². The lowest BCUT2D eigenvalue weighted by Gasteiger charge is -2.42. The second-order valence-corrected chi connectivity index (χ2v) is 7.31. The molecule has 2 saturated carbocycles. The van der Waals surface area contributed by atoms with Gasteiger partial charge in [0.25, 0.3) is 0 Å². The molecule has 20 heavy (non-hydrogen) atoms. The lowest BCUT2D eigenvalue weighted by Crippen LogP contribution is -2.43. The van der Waals surface area contributed by atoms with Gasteiger partial charge >= 0.3 is 0 Å². The van der Waals surface area contributed by atoms with Gasteiger partial charge in [0.2, 0.25) is 0 Å². The summed E-state index contributed by atoms with van der Waals surface area (Å²) in [5, 5.41) is 0. The van der Waals surface area contributed by atoms with Gasteiger partial charge in [0.15, 0.2) is 0 Å². The molecule has 7 atom stereocenters. The van der Waals surface area contributed by atoms with Gasteiger partial charge in [0.1, 0.15) is 0 Å². The molecule has 3 fully saturated rings. The highest BCUT2D eigenvalue weighted by Crippen LogP contribution is 2.41. The Hall–Kier alpha value is -0.380. The zero-order chi connectivity index (χ0) is 13.5. The van der Waals surface area contributed by atoms with E-state index in [4.69, 9.17) is 15.2 Å². The first-order valence-corrected chi connectivity index (χ1v) is 8.50. The van der Waals surface area contributed by atoms with Crippen LogP contribution in [-0.4, -0.2) is 31.0 Å². The first-order valence-electron chi connectivity index (χ1n) is 8.50. The number of hydrogen-bond donors (Lipinski definition) is 1. The fourth-order valence-electron chi connectivity index (χ4n) is 4.90. The Morgan fingerprint density at radius 1 is 1.10 bits per heavy atom. The summed E-state index contributed by atoms with van der Waals surface area (Å²) in [6.45, 7) is 0.889. The van der Waals surface area contributed by atoms with Gasteiger partial charge in [0.05, 0.1) is 24.9 Å². The van der Waals surface area contributed by atoms with E-state index in [1.54, 1.807) is 0 Å². The number of hydrogen-bond acceptors (Lipinski definition) is 3. The van der Waals surface area contributed by atoms with E-state index >= 15 is 0 Å². The second kappa shape index (κ2) is 5.43. The Kier molecular flexibility index (Phi) is 3.61. The third-order valence-corrected chi connectivity index (χ3v) is 6.05. The first kappa shape index (κ1) is 13.3. The van der Waals surface area contributed by atoms with Crippen LogP contribution in [0.3, 0.4) is 0 Å². The summed E-state index contributed by atoms with van der Waals surface area (Å²) >= 11 is 0. The van der Waals surface area contributed by atoms with Crippen LogP contribution in [0.15, 0.2) is 12.2 Å². The molecule has 0 aromatic rings. The van der Waals surface area contributed by atoms with Gasteiger partial charge in [0, 0.05) is 12.0 Å². The molecule has 7 unspecified atom stereocenters. The molecule has 0 aromatic heterocycles. The van der Waals surface area contributed by atoms with Crippen LogP contribution in [0, 0.1) is 17.8 Å². The minimum absolute atomic E-state index is 0.333. The van der Waals surface area contributed by atoms with Crippen molar-refractivity contribution in [1.29, 1.82) is 0 Å². The average molecular weight is 277 g/mol. The van der Waals surface area contributed by atoms with Crippen molar-refractivity contribution in [3.8, 4) is 0 Å². The highest BCUT2D eigenvalue weighted by Gasteiger charge is 2.39. The van der Waals surface area contributed by atoms with Gasteiger partial charge < -0.3 is 15.2 Å². The Labute approximate surface area is 121 Å². The van der Waals surface area contributed by atoms with Crippen LogP contribution < -0.4 is 5.73 Å². The van der Waals surface area contributed by atoms with Crippen LogP contribution in [0.2, 0.25) is 0 Å². The second-order valence-electron chi connectivity index (χ2n) is 7.31. The lowest BCUT2D eigenvalue weighted by atomic mass is 9.68. The standard InChI is InChI=1S/C17H27NO2/c18-16-3-1-2-11-8-13(4-6-15(11)16)19-10-12-9-14-5-7-17(12)20-14/h5,7,11-17H,1-4,6,8-10,18H2. The molecular weight excluding hydrogens is 250 g/mol. The van der Waals surface area contributed by atoms with Gasteiger partial charge in [-0.2, -0.15) is 0 Å². The molecule has 4 rings (SSSR count). The van der Waals surface area contributed by atoms with E-state index in [-0.39, 0.29) is 0 Å². The van der Waals surface area contributed by atoms with E-state index in [1.807, 2.05) is 0 Å². The molecule has 2 bridgehead atoms. The molecule has 2 aliphatic carbocycles. The van der Waals surface area contributed by atoms with E-state index in [0.29, 0.717) is 30.3 Å². The van der Waals surface area contributed by atoms with E-state index in [2.05, 4.69) is 12.2 Å². The minimum atomic E-state index is 0.333. The third-order valence-electron chi connectivity index (χ3n) is 6.05. The van der Waals surface area contributed by atoms with Crippen LogP contribution in [0.5, 0.6) is 0 Å². The summed E-state index contributed by atoms with van der Waals surface area (Å²) in [6, 6.07) is 0.457. The molecule has 2 N–H and O–H groups in total. The molecule has 2 heterocycles. The van der Waals surface area contributed by atoms with Crippen molar-refractivity contribution < 1.29 is 9.47 Å². The summed E-state index contributed by atoms with van der Waals surface area (Å²) in [5.41, 5.74) is 6.28. The van der Waals surface area contributed by atoms with Crippen molar-refractivity contribution in [2.45, 2.75) is 69.3 Å². The number of nitrogens with two attached hydrogens (primary N) is 1. The first-order chi connectivity index (χ1) is 9.79. The van der Waals surface area contributed by atoms with E-state index in [9.17, 15) is 0 Å². The molecule has 4 aliphatic rings. The fourth-order valence-corrected chi connectivity index (χ4v) is 4.90. The predicted molar refractivity (Wildman–Crippen MR) is 78.3 cm³/mol. The Bertz CT molecular complexity index is 383. The number of fused-ring (bicyclic) bond motifs is 3. The van der Waals surface area contributed by atoms with E-state index < -0.39 is 0 Å². The quantitative estimate of drug-likeness (QED) is 0.807. The van der Waals surface area contributed by atoms with Crippen LogP contribution >= 0.6 is 0 Å². The molecule has 3 nitrogen and oxygen atoms in total. The zero-order valence-electron chi connectivity index (χ0n) is 12.2. The molecule has 0 aromatic carbocycles. The minimum Gasteiger partial charge on any atom is -0.378 e. The summed E-state index contributed by atoms with van der Waals surface area (Å²) < 4.78 is 12.1. The van der Waals surface area contributed by atoms with Crippen molar-refractivity contribution in [2.75, 3.05) is 6.61 Å². The van der Waals surface area contributed by atoms with Gasteiger partial charge in [-0.3, -0.25) is 0 Å². The normalized spacial score (nSPS) is 50.4. The smallest absolute Gasteiger partial charge is 0.0816 e.